The summed E-state index contributed by atoms with van der Waals surface area (Å²) >= 11 is 0. The van der Waals surface area contributed by atoms with Crippen molar-refractivity contribution in [3.05, 3.63) is 514 Å². The molecule has 11 heteroatoms. The fourth-order valence-electron chi connectivity index (χ4n) is 21.9. The number of aryl methyl sites for hydroxylation is 2. The summed E-state index contributed by atoms with van der Waals surface area (Å²) in [6.07, 6.45) is 0. The number of fused-ring (bicyclic) bond motifs is 15. The van der Waals surface area contributed by atoms with Crippen LogP contribution in [0.2, 0.25) is 0 Å². The molecule has 19 aromatic carbocycles. The van der Waals surface area contributed by atoms with E-state index in [9.17, 15) is 0 Å². The summed E-state index contributed by atoms with van der Waals surface area (Å²) in [4.78, 5) is 20.2. The van der Waals surface area contributed by atoms with Crippen LogP contribution >= 0.6 is 0 Å². The number of hydrogen-bond donors (Lipinski definition) is 0. The Morgan fingerprint density at radius 1 is 0.154 bits per heavy atom. The average Bonchev–Trinajstić information content (AvgIpc) is 1.56. The third-order valence-electron chi connectivity index (χ3n) is 28.7. The van der Waals surface area contributed by atoms with Crippen molar-refractivity contribution in [2.24, 2.45) is 0 Å². The molecule has 676 valence electrons. The van der Waals surface area contributed by atoms with Gasteiger partial charge >= 0.3 is 0 Å². The van der Waals surface area contributed by atoms with Crippen molar-refractivity contribution in [1.29, 1.82) is 0 Å². The molecule has 0 aliphatic rings. The number of para-hydroxylation sites is 8. The number of rotatable bonds is 14. The number of nitrogens with zero attached hydrogens (tertiary/aromatic N) is 11. The maximum absolute atomic E-state index is 5.30. The predicted molar refractivity (Wildman–Crippen MR) is 595 cm³/mol. The lowest BCUT2D eigenvalue weighted by molar-refractivity contribution is 1.04. The van der Waals surface area contributed by atoms with Gasteiger partial charge in [-0.3, -0.25) is 4.57 Å². The monoisotopic (exact) mass is 1830 g/mol. The topological polar surface area (TPSA) is 86.1 Å². The molecule has 9 aromatic heterocycles. The summed E-state index contributed by atoms with van der Waals surface area (Å²) in [7, 11) is 0. The van der Waals surface area contributed by atoms with Crippen LogP contribution in [0, 0.1) is 27.7 Å². The summed E-state index contributed by atoms with van der Waals surface area (Å²) < 4.78 is 16.8. The number of pyridine rings is 1. The number of benzene rings is 19. The van der Waals surface area contributed by atoms with Crippen LogP contribution in [0.1, 0.15) is 22.5 Å². The Kier molecular flexibility index (Phi) is 20.9. The Morgan fingerprint density at radius 2 is 0.448 bits per heavy atom. The highest BCUT2D eigenvalue weighted by Crippen LogP contribution is 2.49. The Balaban J connectivity index is 0.000000110. The molecule has 0 N–H and O–H groups in total. The zero-order valence-corrected chi connectivity index (χ0v) is 79.2. The highest BCUT2D eigenvalue weighted by molar-refractivity contribution is 6.20. The van der Waals surface area contributed by atoms with E-state index in [0.29, 0.717) is 17.5 Å². The van der Waals surface area contributed by atoms with E-state index in [1.54, 1.807) is 0 Å². The number of aromatic nitrogens is 11. The fraction of sp³-hybridized carbons (Fsp3) is 0.0303. The van der Waals surface area contributed by atoms with E-state index in [2.05, 4.69) is 490 Å². The van der Waals surface area contributed by atoms with Gasteiger partial charge in [0.05, 0.1) is 72.1 Å². The van der Waals surface area contributed by atoms with Crippen LogP contribution in [0.3, 0.4) is 0 Å². The van der Waals surface area contributed by atoms with Gasteiger partial charge in [-0.25, -0.2) is 19.9 Å². The predicted octanol–water partition coefficient (Wildman–Crippen LogP) is 33.8. The summed E-state index contributed by atoms with van der Waals surface area (Å²) in [5.74, 6) is 2.85. The van der Waals surface area contributed by atoms with Crippen LogP contribution in [0.25, 0.3) is 239 Å². The summed E-state index contributed by atoms with van der Waals surface area (Å²) in [6.45, 7) is 8.89. The van der Waals surface area contributed by atoms with E-state index in [1.165, 1.54) is 165 Å². The highest BCUT2D eigenvalue weighted by atomic mass is 15.1. The molecule has 0 spiro atoms. The molecule has 28 aromatic rings. The third kappa shape index (κ3) is 14.6. The van der Waals surface area contributed by atoms with Crippen LogP contribution in [0.4, 0.5) is 0 Å². The minimum atomic E-state index is 0.638. The fourth-order valence-corrected chi connectivity index (χ4v) is 21.9. The van der Waals surface area contributed by atoms with E-state index >= 15 is 0 Å². The second-order valence-corrected chi connectivity index (χ2v) is 36.9. The van der Waals surface area contributed by atoms with Gasteiger partial charge in [-0.1, -0.05) is 340 Å². The van der Waals surface area contributed by atoms with Gasteiger partial charge in [0, 0.05) is 133 Å². The summed E-state index contributed by atoms with van der Waals surface area (Å²) in [5, 5.41) is 13.5. The molecule has 0 atom stereocenters. The second kappa shape index (κ2) is 35.3. The smallest absolute Gasteiger partial charge is 0.164 e. The van der Waals surface area contributed by atoms with Crippen molar-refractivity contribution >= 4 is 120 Å². The van der Waals surface area contributed by atoms with E-state index in [-0.39, 0.29) is 0 Å². The molecule has 0 unspecified atom stereocenters. The maximum Gasteiger partial charge on any atom is 0.164 e. The Labute approximate surface area is 826 Å². The van der Waals surface area contributed by atoms with Crippen LogP contribution in [0.5, 0.6) is 0 Å². The zero-order chi connectivity index (χ0) is 95.3. The molecule has 0 aliphatic heterocycles. The van der Waals surface area contributed by atoms with Gasteiger partial charge in [-0.2, -0.15) is 0 Å². The second-order valence-electron chi connectivity index (χ2n) is 36.9. The van der Waals surface area contributed by atoms with Gasteiger partial charge in [0.15, 0.2) is 17.5 Å². The molecule has 143 heavy (non-hydrogen) atoms. The van der Waals surface area contributed by atoms with Gasteiger partial charge in [0.1, 0.15) is 5.82 Å². The molecule has 0 saturated carbocycles. The molecule has 0 radical (unpaired) electrons. The Bertz CT molecular complexity index is 9650. The van der Waals surface area contributed by atoms with E-state index < -0.39 is 0 Å². The molecule has 11 nitrogen and oxygen atoms in total. The third-order valence-corrected chi connectivity index (χ3v) is 28.7. The first kappa shape index (κ1) is 84.6. The van der Waals surface area contributed by atoms with Crippen LogP contribution in [-0.4, -0.2) is 51.9 Å². The van der Waals surface area contributed by atoms with Crippen molar-refractivity contribution in [3.8, 4) is 119 Å². The Morgan fingerprint density at radius 3 is 0.895 bits per heavy atom. The van der Waals surface area contributed by atoms with Crippen molar-refractivity contribution in [2.45, 2.75) is 27.7 Å². The molecule has 0 bridgehead atoms. The van der Waals surface area contributed by atoms with Gasteiger partial charge < -0.3 is 27.4 Å². The lowest BCUT2D eigenvalue weighted by Gasteiger charge is -2.14. The standard InChI is InChI=1S/C50H33N3.C43H31N5.C39H29N3/c1-5-17-34(18-6-1)49-43-33-47-42(40-26-14-16-28-45(40)52(47)37-23-11-4-12-24-37)32-48(43)53(50(49)35-19-7-2-8-20-35)38-29-30-46-41(31-38)39-25-13-15-27-44(39)51(46)36-21-9-3-10-22-36;1-28-29(2)47(33-20-10-5-11-21-33)39-27-37-35-23-12-13-24-38(35)48(40(37)26-36(28)39)34-22-14-19-32(25-34)43-45-41(30-15-6-3-7-16-30)44-42(46-43)31-17-8-4-9-18-31;1-26-27(2)41(31-18-10-5-11-19-31)37-25-34-32-20-12-13-21-36(32)42(38(34)24-33(26)37)39-23-30(28-14-6-3-7-15-28)22-35(40-39)29-16-8-4-9-17-29/h1-33H;3-27H,1-2H3;3-25H,1-2H3. The summed E-state index contributed by atoms with van der Waals surface area (Å²) in [5.41, 5.74) is 37.0. The maximum atomic E-state index is 5.30. The first-order chi connectivity index (χ1) is 70.6. The first-order valence-corrected chi connectivity index (χ1v) is 48.8. The van der Waals surface area contributed by atoms with Gasteiger partial charge in [0.25, 0.3) is 0 Å². The molecule has 9 heterocycles. The SMILES string of the molecule is Cc1c(C)n(-c2ccccc2)c2cc3c4ccccc4n(-c4cc(-c5ccccc5)cc(-c5ccccc5)n4)c3cc12.Cc1c(C)n(-c2ccccc2)c2cc3c4ccccc4n(-c4cccc(-c5nc(-c6ccccc6)nc(-c6ccccc6)n5)c4)c3cc12.c1ccc(-c2c(-c3ccccc3)n(-c3ccc4c(c3)c3ccccc3n4-c3ccccc3)c3cc4c5ccccc5n(-c5ccccc5)c4cc23)cc1. The molecule has 0 saturated heterocycles. The quantitative estimate of drug-likeness (QED) is 0.109. The molecular formula is C132H93N11. The first-order valence-electron chi connectivity index (χ1n) is 48.8. The average molecular weight is 1830 g/mol. The van der Waals surface area contributed by atoms with Crippen LogP contribution < -0.4 is 0 Å². The van der Waals surface area contributed by atoms with Crippen molar-refractivity contribution < 1.29 is 0 Å². The highest BCUT2D eigenvalue weighted by Gasteiger charge is 2.29. The van der Waals surface area contributed by atoms with Gasteiger partial charge in [-0.15, -0.1) is 0 Å². The van der Waals surface area contributed by atoms with E-state index in [0.717, 1.165) is 78.6 Å². The minimum Gasteiger partial charge on any atom is -0.314 e. The molecule has 0 fully saturated rings. The molecule has 0 aliphatic carbocycles. The normalized spacial score (nSPS) is 11.6. The lowest BCUT2D eigenvalue weighted by atomic mass is 9.97. The van der Waals surface area contributed by atoms with Crippen molar-refractivity contribution in [1.82, 2.24) is 51.9 Å². The van der Waals surface area contributed by atoms with Crippen LogP contribution in [0.15, 0.2) is 491 Å². The molecular weight excluding hydrogens is 1740 g/mol. The number of hydrogen-bond acceptors (Lipinski definition) is 4. The van der Waals surface area contributed by atoms with E-state index in [4.69, 9.17) is 19.9 Å². The molecule has 28 rings (SSSR count). The minimum absolute atomic E-state index is 0.638. The van der Waals surface area contributed by atoms with Crippen molar-refractivity contribution in [3.63, 3.8) is 0 Å². The van der Waals surface area contributed by atoms with Gasteiger partial charge in [-0.05, 0) is 213 Å². The Hall–Kier alpha value is -18.8. The largest absolute Gasteiger partial charge is 0.314 e. The van der Waals surface area contributed by atoms with Crippen LogP contribution in [-0.2, 0) is 0 Å². The lowest BCUT2D eigenvalue weighted by Crippen LogP contribution is -2.01. The van der Waals surface area contributed by atoms with Gasteiger partial charge in [0.2, 0.25) is 0 Å². The zero-order valence-electron chi connectivity index (χ0n) is 79.2. The van der Waals surface area contributed by atoms with E-state index in [1.807, 2.05) is 60.7 Å². The summed E-state index contributed by atoms with van der Waals surface area (Å²) in [6, 6.07) is 175. The molecule has 0 amide bonds. The van der Waals surface area contributed by atoms with Crippen molar-refractivity contribution in [2.75, 3.05) is 0 Å².